The van der Waals surface area contributed by atoms with Crippen LogP contribution in [0.3, 0.4) is 0 Å². The van der Waals surface area contributed by atoms with Crippen LogP contribution in [0.5, 0.6) is 5.75 Å². The number of anilines is 2. The Hall–Kier alpha value is -5.89. The summed E-state index contributed by atoms with van der Waals surface area (Å²) >= 11 is 0. The third-order valence-corrected chi connectivity index (χ3v) is 7.48. The van der Waals surface area contributed by atoms with Gasteiger partial charge in [0.1, 0.15) is 11.8 Å². The van der Waals surface area contributed by atoms with E-state index in [0.717, 1.165) is 16.8 Å². The van der Waals surface area contributed by atoms with Gasteiger partial charge in [-0.05, 0) is 60.5 Å². The summed E-state index contributed by atoms with van der Waals surface area (Å²) in [5.74, 6) is -0.0413. The number of nitrogens with one attached hydrogen (secondary N) is 1. The van der Waals surface area contributed by atoms with Gasteiger partial charge in [-0.1, -0.05) is 72.8 Å². The highest BCUT2D eigenvalue weighted by atomic mass is 16.5. The van der Waals surface area contributed by atoms with Crippen LogP contribution >= 0.6 is 0 Å². The maximum atomic E-state index is 13.2. The van der Waals surface area contributed by atoms with Crippen molar-refractivity contribution in [2.45, 2.75) is 18.9 Å². The first-order chi connectivity index (χ1) is 23.0. The molecule has 5 rings (SSSR count). The number of hydrogen-bond donors (Lipinski definition) is 1. The van der Waals surface area contributed by atoms with Crippen molar-refractivity contribution in [3.63, 3.8) is 0 Å². The Morgan fingerprint density at radius 2 is 1.55 bits per heavy atom. The summed E-state index contributed by atoms with van der Waals surface area (Å²) in [5.41, 5.74) is 4.09. The lowest BCUT2D eigenvalue weighted by molar-refractivity contribution is -0.141. The molecule has 0 aliphatic carbocycles. The molecule has 0 spiro atoms. The number of methoxy groups -OCH3 is 1. The Morgan fingerprint density at radius 3 is 2.26 bits per heavy atom. The van der Waals surface area contributed by atoms with Crippen molar-refractivity contribution in [1.82, 2.24) is 0 Å². The maximum absolute atomic E-state index is 13.2. The minimum atomic E-state index is -0.722. The van der Waals surface area contributed by atoms with E-state index in [1.54, 1.807) is 59.9 Å². The Bertz CT molecular complexity index is 1770. The van der Waals surface area contributed by atoms with Crippen LogP contribution in [-0.2, 0) is 20.7 Å². The normalized spacial score (nSPS) is 11.5. The summed E-state index contributed by atoms with van der Waals surface area (Å²) in [7, 11) is 1.34. The first-order valence-electron chi connectivity index (χ1n) is 15.3. The van der Waals surface area contributed by atoms with Gasteiger partial charge in [0.05, 0.1) is 26.2 Å². The fourth-order valence-electron chi connectivity index (χ4n) is 5.05. The number of carbonyl (C=O) groups is 3. The van der Waals surface area contributed by atoms with Crippen LogP contribution in [0.4, 0.5) is 11.4 Å². The predicted molar refractivity (Wildman–Crippen MR) is 183 cm³/mol. The fourth-order valence-corrected chi connectivity index (χ4v) is 5.05. The van der Waals surface area contributed by atoms with E-state index in [2.05, 4.69) is 5.32 Å². The van der Waals surface area contributed by atoms with Gasteiger partial charge in [-0.25, -0.2) is 4.79 Å². The lowest BCUT2D eigenvalue weighted by Crippen LogP contribution is -2.33. The van der Waals surface area contributed by atoms with Crippen LogP contribution < -0.4 is 15.0 Å². The number of hydrogen-bond acceptors (Lipinski definition) is 7. The monoisotopic (exact) mass is 628 g/mol. The van der Waals surface area contributed by atoms with Crippen molar-refractivity contribution in [2.75, 3.05) is 30.5 Å². The number of ketones is 1. The summed E-state index contributed by atoms with van der Waals surface area (Å²) in [6, 6.07) is 34.2. The largest absolute Gasteiger partial charge is 0.494 e. The van der Waals surface area contributed by atoms with E-state index in [1.165, 1.54) is 13.2 Å². The van der Waals surface area contributed by atoms with Gasteiger partial charge in [-0.3, -0.25) is 9.59 Å². The quantitative estimate of drug-likeness (QED) is 0.0566. The van der Waals surface area contributed by atoms with Crippen LogP contribution in [0, 0.1) is 0 Å². The molecule has 5 aromatic rings. The molecule has 0 saturated carbocycles. The second kappa shape index (κ2) is 16.4. The summed E-state index contributed by atoms with van der Waals surface area (Å²) in [5, 5.41) is 3.24. The van der Waals surface area contributed by atoms with Gasteiger partial charge in [-0.2, -0.15) is 0 Å². The maximum Gasteiger partial charge on any atom is 0.328 e. The Kier molecular flexibility index (Phi) is 11.4. The van der Waals surface area contributed by atoms with Crippen molar-refractivity contribution in [3.8, 4) is 5.75 Å². The smallest absolute Gasteiger partial charge is 0.328 e. The zero-order valence-corrected chi connectivity index (χ0v) is 26.1. The molecule has 0 fully saturated rings. The second-order valence-corrected chi connectivity index (χ2v) is 10.7. The standard InChI is InChI=1S/C39H36N2O6/c1-45-39(44)36(40-35-16-9-8-15-34(35)38(43)31-11-4-2-5-12-31)27-29-17-20-33(21-18-29)47-25-10-24-41(32-13-6-3-7-14-32)37(42)22-19-30-23-26-46-28-30/h2-9,11-23,26,28,36,40H,10,24-25,27H2,1H3/t36-/m0/s1. The van der Waals surface area contributed by atoms with Crippen molar-refractivity contribution < 1.29 is 28.3 Å². The predicted octanol–water partition coefficient (Wildman–Crippen LogP) is 7.22. The van der Waals surface area contributed by atoms with Gasteiger partial charge in [0.25, 0.3) is 5.91 Å². The highest BCUT2D eigenvalue weighted by molar-refractivity contribution is 6.12. The number of furan rings is 1. The molecule has 0 bridgehead atoms. The molecule has 4 aromatic carbocycles. The fraction of sp³-hybridized carbons (Fsp3) is 0.154. The van der Waals surface area contributed by atoms with Crippen LogP contribution in [0.25, 0.3) is 6.08 Å². The SMILES string of the molecule is COC(=O)[C@H](Cc1ccc(OCCCN(C(=O)C=Cc2ccoc2)c2ccccc2)cc1)Nc1ccccc1C(=O)c1ccccc1. The minimum Gasteiger partial charge on any atom is -0.494 e. The molecule has 1 aromatic heterocycles. The van der Waals surface area contributed by atoms with E-state index in [0.29, 0.717) is 48.6 Å². The van der Waals surface area contributed by atoms with E-state index < -0.39 is 12.0 Å². The molecule has 0 aliphatic heterocycles. The van der Waals surface area contributed by atoms with Crippen LogP contribution in [0.1, 0.15) is 33.5 Å². The molecular formula is C39H36N2O6. The third kappa shape index (κ3) is 9.08. The zero-order chi connectivity index (χ0) is 32.8. The van der Waals surface area contributed by atoms with E-state index in [1.807, 2.05) is 78.9 Å². The first kappa shape index (κ1) is 32.5. The average molecular weight is 629 g/mol. The molecule has 238 valence electrons. The number of nitrogens with zero attached hydrogens (tertiary/aromatic N) is 1. The van der Waals surface area contributed by atoms with Gasteiger partial charge in [-0.15, -0.1) is 0 Å². The number of carbonyl (C=O) groups excluding carboxylic acids is 3. The van der Waals surface area contributed by atoms with Crippen molar-refractivity contribution in [2.24, 2.45) is 0 Å². The summed E-state index contributed by atoms with van der Waals surface area (Å²) in [4.78, 5) is 40.8. The zero-order valence-electron chi connectivity index (χ0n) is 26.1. The van der Waals surface area contributed by atoms with Gasteiger partial charge >= 0.3 is 5.97 Å². The first-order valence-corrected chi connectivity index (χ1v) is 15.3. The van der Waals surface area contributed by atoms with E-state index in [9.17, 15) is 14.4 Å². The van der Waals surface area contributed by atoms with Crippen molar-refractivity contribution in [1.29, 1.82) is 0 Å². The molecule has 0 unspecified atom stereocenters. The van der Waals surface area contributed by atoms with E-state index in [-0.39, 0.29) is 11.7 Å². The molecule has 1 N–H and O–H groups in total. The minimum absolute atomic E-state index is 0.137. The van der Waals surface area contributed by atoms with Crippen molar-refractivity contribution >= 4 is 35.1 Å². The summed E-state index contributed by atoms with van der Waals surface area (Å²) in [6.45, 7) is 0.872. The molecule has 47 heavy (non-hydrogen) atoms. The van der Waals surface area contributed by atoms with Gasteiger partial charge in [0, 0.05) is 47.1 Å². The number of para-hydroxylation sites is 2. The second-order valence-electron chi connectivity index (χ2n) is 10.7. The van der Waals surface area contributed by atoms with Gasteiger partial charge in [0.2, 0.25) is 0 Å². The van der Waals surface area contributed by atoms with Crippen LogP contribution in [0.2, 0.25) is 0 Å². The molecule has 1 amide bonds. The molecule has 1 heterocycles. The number of ether oxygens (including phenoxy) is 2. The highest BCUT2D eigenvalue weighted by Crippen LogP contribution is 2.23. The molecule has 0 aliphatic rings. The highest BCUT2D eigenvalue weighted by Gasteiger charge is 2.23. The van der Waals surface area contributed by atoms with Crippen molar-refractivity contribution in [3.05, 3.63) is 156 Å². The lowest BCUT2D eigenvalue weighted by Gasteiger charge is -2.21. The van der Waals surface area contributed by atoms with E-state index in [4.69, 9.17) is 13.9 Å². The Morgan fingerprint density at radius 1 is 0.851 bits per heavy atom. The Balaban J connectivity index is 1.18. The Labute approximate surface area is 274 Å². The third-order valence-electron chi connectivity index (χ3n) is 7.48. The molecule has 1 atom stereocenters. The molecule has 0 saturated heterocycles. The number of esters is 1. The average Bonchev–Trinajstić information content (AvgIpc) is 3.65. The lowest BCUT2D eigenvalue weighted by atomic mass is 10.00. The van der Waals surface area contributed by atoms with Gasteiger partial charge in [0.15, 0.2) is 5.78 Å². The summed E-state index contributed by atoms with van der Waals surface area (Å²) in [6.07, 6.45) is 7.35. The van der Waals surface area contributed by atoms with Crippen LogP contribution in [-0.4, -0.2) is 44.0 Å². The summed E-state index contributed by atoms with van der Waals surface area (Å²) < 4.78 is 16.1. The number of amides is 1. The molecule has 0 radical (unpaired) electrons. The number of benzene rings is 4. The number of rotatable bonds is 15. The molecule has 8 heteroatoms. The topological polar surface area (TPSA) is 98.1 Å². The van der Waals surface area contributed by atoms with Gasteiger partial charge < -0.3 is 24.1 Å². The molecule has 8 nitrogen and oxygen atoms in total. The van der Waals surface area contributed by atoms with E-state index >= 15 is 0 Å². The van der Waals surface area contributed by atoms with Crippen LogP contribution in [0.15, 0.2) is 138 Å². The molecular weight excluding hydrogens is 592 g/mol.